The molecule has 0 aliphatic heterocycles. The van der Waals surface area contributed by atoms with Crippen LogP contribution < -0.4 is 10.5 Å². The zero-order valence-electron chi connectivity index (χ0n) is 13.6. The van der Waals surface area contributed by atoms with Gasteiger partial charge >= 0.3 is 0 Å². The lowest BCUT2D eigenvalue weighted by Crippen LogP contribution is -2.16. The Labute approximate surface area is 138 Å². The molecule has 6 heteroatoms. The molecule has 2 N–H and O–H groups in total. The van der Waals surface area contributed by atoms with Crippen LogP contribution in [0.4, 0.5) is 4.39 Å². The van der Waals surface area contributed by atoms with Crippen molar-refractivity contribution in [2.24, 2.45) is 5.73 Å². The van der Waals surface area contributed by atoms with Crippen molar-refractivity contribution >= 4 is 9.84 Å². The normalized spacial score (nSPS) is 12.8. The first-order valence-corrected chi connectivity index (χ1v) is 9.65. The second kappa shape index (κ2) is 9.67. The van der Waals surface area contributed by atoms with Gasteiger partial charge in [-0.2, -0.15) is 0 Å². The van der Waals surface area contributed by atoms with E-state index < -0.39 is 15.7 Å². The second-order valence-electron chi connectivity index (χ2n) is 5.65. The van der Waals surface area contributed by atoms with Gasteiger partial charge in [0.05, 0.1) is 11.5 Å². The molecule has 1 aromatic rings. The van der Waals surface area contributed by atoms with E-state index in [9.17, 15) is 12.8 Å². The van der Waals surface area contributed by atoms with Crippen LogP contribution in [0.2, 0.25) is 0 Å². The molecule has 0 fully saturated rings. The van der Waals surface area contributed by atoms with Crippen LogP contribution in [0.1, 0.15) is 37.7 Å². The lowest BCUT2D eigenvalue weighted by molar-refractivity contribution is 0.341. The quantitative estimate of drug-likeness (QED) is 0.495. The van der Waals surface area contributed by atoms with Crippen LogP contribution in [0.25, 0.3) is 0 Å². The molecule has 0 saturated carbocycles. The summed E-state index contributed by atoms with van der Waals surface area (Å²) in [5.74, 6) is -0.358. The molecule has 0 saturated heterocycles. The first-order chi connectivity index (χ1) is 10.9. The predicted octanol–water partition coefficient (Wildman–Crippen LogP) is 3.04. The van der Waals surface area contributed by atoms with Crippen molar-refractivity contribution < 1.29 is 17.5 Å². The highest BCUT2D eigenvalue weighted by molar-refractivity contribution is 7.91. The number of ether oxygens (including phenoxy) is 1. The van der Waals surface area contributed by atoms with Crippen LogP contribution in [0, 0.1) is 5.82 Å². The number of halogens is 1. The number of benzene rings is 1. The minimum Gasteiger partial charge on any atom is -0.486 e. The smallest absolute Gasteiger partial charge is 0.165 e. The summed E-state index contributed by atoms with van der Waals surface area (Å²) in [6.45, 7) is 6.13. The largest absolute Gasteiger partial charge is 0.486 e. The zero-order chi connectivity index (χ0) is 17.3. The average Bonchev–Trinajstić information content (AvgIpc) is 2.50. The topological polar surface area (TPSA) is 69.4 Å². The number of nitrogens with two attached hydrogens (primary N) is 1. The molecule has 0 aliphatic rings. The summed E-state index contributed by atoms with van der Waals surface area (Å²) < 4.78 is 43.2. The van der Waals surface area contributed by atoms with Crippen LogP contribution in [-0.2, 0) is 9.84 Å². The number of hydrogen-bond donors (Lipinski definition) is 1. The molecular weight excluding hydrogens is 317 g/mol. The van der Waals surface area contributed by atoms with E-state index in [0.717, 1.165) is 18.4 Å². The van der Waals surface area contributed by atoms with Gasteiger partial charge in [-0.3, -0.25) is 0 Å². The first kappa shape index (κ1) is 19.6. The van der Waals surface area contributed by atoms with Crippen LogP contribution in [0.15, 0.2) is 30.9 Å². The molecule has 0 heterocycles. The third-order valence-corrected chi connectivity index (χ3v) is 5.46. The lowest BCUT2D eigenvalue weighted by Gasteiger charge is -2.14. The third kappa shape index (κ3) is 7.14. The van der Waals surface area contributed by atoms with Crippen LogP contribution in [0.5, 0.6) is 5.75 Å². The maximum Gasteiger partial charge on any atom is 0.165 e. The summed E-state index contributed by atoms with van der Waals surface area (Å²) in [6.07, 6.45) is 3.82. The molecule has 1 atom stereocenters. The van der Waals surface area contributed by atoms with Crippen molar-refractivity contribution in [3.63, 3.8) is 0 Å². The van der Waals surface area contributed by atoms with E-state index in [0.29, 0.717) is 13.0 Å². The van der Waals surface area contributed by atoms with Crippen molar-refractivity contribution in [2.45, 2.75) is 32.1 Å². The van der Waals surface area contributed by atoms with E-state index in [1.54, 1.807) is 12.1 Å². The van der Waals surface area contributed by atoms with Gasteiger partial charge in [0, 0.05) is 0 Å². The van der Waals surface area contributed by atoms with Gasteiger partial charge < -0.3 is 10.5 Å². The number of unbranched alkanes of at least 4 members (excludes halogenated alkanes) is 2. The molecule has 4 nitrogen and oxygen atoms in total. The molecule has 1 aromatic carbocycles. The first-order valence-electron chi connectivity index (χ1n) is 7.83. The molecule has 0 aromatic heterocycles. The van der Waals surface area contributed by atoms with Crippen molar-refractivity contribution in [2.75, 3.05) is 24.7 Å². The summed E-state index contributed by atoms with van der Waals surface area (Å²) in [5, 5.41) is 0. The van der Waals surface area contributed by atoms with Crippen molar-refractivity contribution in [1.29, 1.82) is 0 Å². The van der Waals surface area contributed by atoms with Gasteiger partial charge in [-0.25, -0.2) is 12.8 Å². The SMILES string of the molecule is C=CCOc1cc([C@H](C)CS(=O)(=O)CCCCCN)ccc1F. The Kier molecular flexibility index (Phi) is 8.26. The molecule has 0 aliphatic carbocycles. The Morgan fingerprint density at radius 2 is 2.09 bits per heavy atom. The Bertz CT molecular complexity index is 602. The molecule has 0 spiro atoms. The van der Waals surface area contributed by atoms with Gasteiger partial charge in [0.25, 0.3) is 0 Å². The Balaban J connectivity index is 2.69. The van der Waals surface area contributed by atoms with Gasteiger partial charge in [0.15, 0.2) is 21.4 Å². The minimum atomic E-state index is -3.14. The number of sulfone groups is 1. The summed E-state index contributed by atoms with van der Waals surface area (Å²) >= 11 is 0. The summed E-state index contributed by atoms with van der Waals surface area (Å²) in [4.78, 5) is 0. The second-order valence-corrected chi connectivity index (χ2v) is 7.88. The molecule has 0 unspecified atom stereocenters. The molecular formula is C17H26FNO3S. The van der Waals surface area contributed by atoms with E-state index in [-0.39, 0.29) is 29.8 Å². The zero-order valence-corrected chi connectivity index (χ0v) is 14.4. The lowest BCUT2D eigenvalue weighted by atomic mass is 10.0. The highest BCUT2D eigenvalue weighted by atomic mass is 32.2. The maximum absolute atomic E-state index is 13.6. The van der Waals surface area contributed by atoms with E-state index in [2.05, 4.69) is 6.58 Å². The number of rotatable bonds is 11. The molecule has 0 radical (unpaired) electrons. The Morgan fingerprint density at radius 1 is 1.35 bits per heavy atom. The van der Waals surface area contributed by atoms with Gasteiger partial charge in [-0.05, 0) is 43.0 Å². The van der Waals surface area contributed by atoms with E-state index in [1.165, 1.54) is 12.1 Å². The molecule has 1 rings (SSSR count). The fourth-order valence-electron chi connectivity index (χ4n) is 2.29. The van der Waals surface area contributed by atoms with E-state index >= 15 is 0 Å². The monoisotopic (exact) mass is 343 g/mol. The Hall–Kier alpha value is -1.40. The highest BCUT2D eigenvalue weighted by Crippen LogP contribution is 2.25. The standard InChI is InChI=1S/C17H26FNO3S/c1-3-10-22-17-12-15(7-8-16(17)18)14(2)13-23(20,21)11-6-4-5-9-19/h3,7-8,12,14H,1,4-6,9-11,13,19H2,2H3/t14-/m1/s1. The van der Waals surface area contributed by atoms with Crippen molar-refractivity contribution in [1.82, 2.24) is 0 Å². The van der Waals surface area contributed by atoms with Gasteiger partial charge in [0.1, 0.15) is 6.61 Å². The molecule has 0 bridgehead atoms. The van der Waals surface area contributed by atoms with E-state index in [1.807, 2.05) is 6.92 Å². The summed E-state index contributed by atoms with van der Waals surface area (Å²) in [5.41, 5.74) is 6.14. The molecule has 130 valence electrons. The predicted molar refractivity (Wildman–Crippen MR) is 92.1 cm³/mol. The van der Waals surface area contributed by atoms with Crippen LogP contribution >= 0.6 is 0 Å². The minimum absolute atomic E-state index is 0.0438. The fraction of sp³-hybridized carbons (Fsp3) is 0.529. The highest BCUT2D eigenvalue weighted by Gasteiger charge is 2.18. The third-order valence-electron chi connectivity index (χ3n) is 3.54. The Morgan fingerprint density at radius 3 is 2.74 bits per heavy atom. The van der Waals surface area contributed by atoms with Crippen molar-refractivity contribution in [3.8, 4) is 5.75 Å². The van der Waals surface area contributed by atoms with E-state index in [4.69, 9.17) is 10.5 Å². The maximum atomic E-state index is 13.6. The molecule has 0 amide bonds. The van der Waals surface area contributed by atoms with Gasteiger partial charge in [0.2, 0.25) is 0 Å². The van der Waals surface area contributed by atoms with Crippen molar-refractivity contribution in [3.05, 3.63) is 42.2 Å². The van der Waals surface area contributed by atoms with Crippen LogP contribution in [-0.4, -0.2) is 33.1 Å². The fourth-order valence-corrected chi connectivity index (χ4v) is 4.05. The average molecular weight is 343 g/mol. The number of hydrogen-bond acceptors (Lipinski definition) is 4. The van der Waals surface area contributed by atoms with Crippen LogP contribution in [0.3, 0.4) is 0 Å². The van der Waals surface area contributed by atoms with Gasteiger partial charge in [-0.1, -0.05) is 32.1 Å². The van der Waals surface area contributed by atoms with Gasteiger partial charge in [-0.15, -0.1) is 0 Å². The summed E-state index contributed by atoms with van der Waals surface area (Å²) in [6, 6.07) is 4.47. The molecule has 23 heavy (non-hydrogen) atoms. The summed E-state index contributed by atoms with van der Waals surface area (Å²) in [7, 11) is -3.14.